The minimum Gasteiger partial charge on any atom is -0.508 e. The summed E-state index contributed by atoms with van der Waals surface area (Å²) < 4.78 is 9.46. The summed E-state index contributed by atoms with van der Waals surface area (Å²) in [6.07, 6.45) is 0.480. The van der Waals surface area contributed by atoms with Crippen LogP contribution in [0.1, 0.15) is 25.0 Å². The molecule has 0 aliphatic carbocycles. The van der Waals surface area contributed by atoms with E-state index in [1.807, 2.05) is 0 Å². The molecule has 0 amide bonds. The second kappa shape index (κ2) is 6.78. The number of phenolic OH excluding ortho intramolecular Hbond substituents is 1. The second-order valence-corrected chi connectivity index (χ2v) is 4.37. The van der Waals surface area contributed by atoms with Crippen molar-refractivity contribution >= 4 is 11.9 Å². The highest BCUT2D eigenvalue weighted by Crippen LogP contribution is 2.21. The predicted octanol–water partition coefficient (Wildman–Crippen LogP) is 1.81. The Morgan fingerprint density at radius 3 is 2.58 bits per heavy atom. The summed E-state index contributed by atoms with van der Waals surface area (Å²) in [7, 11) is 1.35. The molecule has 0 unspecified atom stereocenters. The smallest absolute Gasteiger partial charge is 0.308 e. The zero-order valence-corrected chi connectivity index (χ0v) is 11.3. The maximum atomic E-state index is 11.3. The monoisotopic (exact) mass is 266 g/mol. The van der Waals surface area contributed by atoms with Gasteiger partial charge in [0.15, 0.2) is 0 Å². The molecule has 5 heteroatoms. The van der Waals surface area contributed by atoms with Crippen molar-refractivity contribution < 1.29 is 24.2 Å². The fourth-order valence-corrected chi connectivity index (χ4v) is 1.68. The van der Waals surface area contributed by atoms with Gasteiger partial charge >= 0.3 is 11.9 Å². The maximum absolute atomic E-state index is 11.3. The lowest BCUT2D eigenvalue weighted by Crippen LogP contribution is -2.15. The van der Waals surface area contributed by atoms with Crippen LogP contribution in [0.2, 0.25) is 0 Å². The normalized spacial score (nSPS) is 11.7. The lowest BCUT2D eigenvalue weighted by molar-refractivity contribution is -0.145. The van der Waals surface area contributed by atoms with Crippen LogP contribution >= 0.6 is 0 Å². The van der Waals surface area contributed by atoms with E-state index < -0.39 is 5.97 Å². The van der Waals surface area contributed by atoms with Gasteiger partial charge in [0.25, 0.3) is 0 Å². The van der Waals surface area contributed by atoms with E-state index in [0.717, 1.165) is 5.56 Å². The van der Waals surface area contributed by atoms with E-state index in [2.05, 4.69) is 4.74 Å². The molecule has 1 N–H and O–H groups in total. The molecule has 0 spiro atoms. The molecule has 19 heavy (non-hydrogen) atoms. The lowest BCUT2D eigenvalue weighted by Gasteiger charge is -2.11. The number of aromatic hydroxyl groups is 1. The Morgan fingerprint density at radius 2 is 2.05 bits per heavy atom. The minimum atomic E-state index is -0.400. The first-order chi connectivity index (χ1) is 8.93. The summed E-state index contributed by atoms with van der Waals surface area (Å²) in [6.45, 7) is 3.10. The van der Waals surface area contributed by atoms with Crippen LogP contribution in [0.5, 0.6) is 5.75 Å². The molecule has 0 radical (unpaired) electrons. The SMILES string of the molecule is COC(=O)[C@@H](C)Cc1ccc(COC(C)=O)c(O)c1. The molecule has 1 aromatic rings. The Morgan fingerprint density at radius 1 is 1.37 bits per heavy atom. The number of esters is 2. The van der Waals surface area contributed by atoms with Crippen molar-refractivity contribution in [2.45, 2.75) is 26.9 Å². The van der Waals surface area contributed by atoms with Gasteiger partial charge in [0.2, 0.25) is 0 Å². The lowest BCUT2D eigenvalue weighted by atomic mass is 10.00. The zero-order chi connectivity index (χ0) is 14.4. The van der Waals surface area contributed by atoms with Crippen molar-refractivity contribution in [3.05, 3.63) is 29.3 Å². The van der Waals surface area contributed by atoms with Gasteiger partial charge in [0.1, 0.15) is 12.4 Å². The number of hydrogen-bond donors (Lipinski definition) is 1. The van der Waals surface area contributed by atoms with Gasteiger partial charge in [-0.3, -0.25) is 9.59 Å². The molecule has 1 aromatic carbocycles. The number of hydrogen-bond acceptors (Lipinski definition) is 5. The summed E-state index contributed by atoms with van der Waals surface area (Å²) in [5, 5.41) is 9.81. The molecular weight excluding hydrogens is 248 g/mol. The number of carbonyl (C=O) groups excluding carboxylic acids is 2. The van der Waals surface area contributed by atoms with Gasteiger partial charge in [-0.1, -0.05) is 19.1 Å². The highest BCUT2D eigenvalue weighted by atomic mass is 16.5. The van der Waals surface area contributed by atoms with Crippen molar-refractivity contribution in [1.82, 2.24) is 0 Å². The van der Waals surface area contributed by atoms with Crippen LogP contribution in [0, 0.1) is 5.92 Å². The standard InChI is InChI=1S/C14H18O5/c1-9(14(17)18-3)6-11-4-5-12(13(16)7-11)8-19-10(2)15/h4-5,7,9,16H,6,8H2,1-3H3/t9-/m0/s1. The molecule has 0 aliphatic heterocycles. The number of methoxy groups -OCH3 is 1. The summed E-state index contributed by atoms with van der Waals surface area (Å²) >= 11 is 0. The number of phenols is 1. The van der Waals surface area contributed by atoms with Crippen molar-refractivity contribution in [3.8, 4) is 5.75 Å². The van der Waals surface area contributed by atoms with E-state index in [1.165, 1.54) is 14.0 Å². The van der Waals surface area contributed by atoms with Crippen LogP contribution in [-0.4, -0.2) is 24.2 Å². The van der Waals surface area contributed by atoms with Gasteiger partial charge in [-0.05, 0) is 18.1 Å². The quantitative estimate of drug-likeness (QED) is 0.823. The van der Waals surface area contributed by atoms with Crippen LogP contribution in [0.25, 0.3) is 0 Å². The Bertz CT molecular complexity index is 467. The fraction of sp³-hybridized carbons (Fsp3) is 0.429. The van der Waals surface area contributed by atoms with Crippen LogP contribution in [0.15, 0.2) is 18.2 Å². The van der Waals surface area contributed by atoms with E-state index in [1.54, 1.807) is 25.1 Å². The average molecular weight is 266 g/mol. The predicted molar refractivity (Wildman–Crippen MR) is 68.5 cm³/mol. The number of rotatable bonds is 5. The van der Waals surface area contributed by atoms with Crippen LogP contribution < -0.4 is 0 Å². The molecule has 1 atom stereocenters. The average Bonchev–Trinajstić information content (AvgIpc) is 2.36. The number of benzene rings is 1. The molecule has 0 aliphatic rings. The van der Waals surface area contributed by atoms with Gasteiger partial charge < -0.3 is 14.6 Å². The van der Waals surface area contributed by atoms with E-state index in [9.17, 15) is 14.7 Å². The zero-order valence-electron chi connectivity index (χ0n) is 11.3. The van der Waals surface area contributed by atoms with E-state index in [4.69, 9.17) is 4.74 Å². The highest BCUT2D eigenvalue weighted by molar-refractivity contribution is 5.72. The molecule has 1 rings (SSSR count). The van der Waals surface area contributed by atoms with E-state index in [0.29, 0.717) is 12.0 Å². The van der Waals surface area contributed by atoms with Gasteiger partial charge in [-0.25, -0.2) is 0 Å². The highest BCUT2D eigenvalue weighted by Gasteiger charge is 2.14. The first kappa shape index (κ1) is 15.0. The summed E-state index contributed by atoms with van der Waals surface area (Å²) in [5.74, 6) is -0.911. The van der Waals surface area contributed by atoms with Crippen molar-refractivity contribution in [2.24, 2.45) is 5.92 Å². The summed E-state index contributed by atoms with van der Waals surface area (Å²) in [6, 6.07) is 5.04. The topological polar surface area (TPSA) is 72.8 Å². The summed E-state index contributed by atoms with van der Waals surface area (Å²) in [4.78, 5) is 22.0. The van der Waals surface area contributed by atoms with Gasteiger partial charge in [0, 0.05) is 12.5 Å². The van der Waals surface area contributed by atoms with E-state index in [-0.39, 0.29) is 24.2 Å². The first-order valence-electron chi connectivity index (χ1n) is 5.96. The summed E-state index contributed by atoms with van der Waals surface area (Å²) in [5.41, 5.74) is 1.35. The van der Waals surface area contributed by atoms with Gasteiger partial charge in [-0.15, -0.1) is 0 Å². The Kier molecular flexibility index (Phi) is 5.36. The second-order valence-electron chi connectivity index (χ2n) is 4.37. The van der Waals surface area contributed by atoms with Crippen molar-refractivity contribution in [3.63, 3.8) is 0 Å². The molecule has 0 heterocycles. The molecule has 0 fully saturated rings. The maximum Gasteiger partial charge on any atom is 0.308 e. The fourth-order valence-electron chi connectivity index (χ4n) is 1.68. The Labute approximate surface area is 112 Å². The van der Waals surface area contributed by atoms with Crippen LogP contribution in [0.4, 0.5) is 0 Å². The molecular formula is C14H18O5. The molecule has 0 aromatic heterocycles. The number of carbonyl (C=O) groups is 2. The largest absolute Gasteiger partial charge is 0.508 e. The minimum absolute atomic E-state index is 0.0357. The van der Waals surface area contributed by atoms with Crippen LogP contribution in [0.3, 0.4) is 0 Å². The van der Waals surface area contributed by atoms with E-state index >= 15 is 0 Å². The molecule has 5 nitrogen and oxygen atoms in total. The molecule has 0 saturated heterocycles. The third kappa shape index (κ3) is 4.62. The van der Waals surface area contributed by atoms with Gasteiger partial charge in [0.05, 0.1) is 13.0 Å². The third-order valence-electron chi connectivity index (χ3n) is 2.73. The van der Waals surface area contributed by atoms with Crippen molar-refractivity contribution in [2.75, 3.05) is 7.11 Å². The first-order valence-corrected chi connectivity index (χ1v) is 5.96. The molecule has 0 saturated carbocycles. The Balaban J connectivity index is 2.71. The molecule has 104 valence electrons. The van der Waals surface area contributed by atoms with Gasteiger partial charge in [-0.2, -0.15) is 0 Å². The molecule has 0 bridgehead atoms. The number of ether oxygens (including phenoxy) is 2. The Hall–Kier alpha value is -2.04. The van der Waals surface area contributed by atoms with Crippen LogP contribution in [-0.2, 0) is 32.1 Å². The third-order valence-corrected chi connectivity index (χ3v) is 2.73. The van der Waals surface area contributed by atoms with Crippen molar-refractivity contribution in [1.29, 1.82) is 0 Å².